The minimum Gasteiger partial charge on any atom is -0.351 e. The summed E-state index contributed by atoms with van der Waals surface area (Å²) in [6, 6.07) is 15.8. The quantitative estimate of drug-likeness (QED) is 0.644. The van der Waals surface area contributed by atoms with E-state index in [2.05, 4.69) is 33.4 Å². The normalized spacial score (nSPS) is 10.3. The van der Waals surface area contributed by atoms with E-state index in [4.69, 9.17) is 0 Å². The van der Waals surface area contributed by atoms with Crippen LogP contribution >= 0.6 is 27.7 Å². The Kier molecular flexibility index (Phi) is 5.68. The van der Waals surface area contributed by atoms with E-state index < -0.39 is 0 Å². The molecule has 0 saturated heterocycles. The smallest absolute Gasteiger partial charge is 0.251 e. The van der Waals surface area contributed by atoms with Crippen LogP contribution in [0.5, 0.6) is 0 Å². The molecule has 2 nitrogen and oxygen atoms in total. The fourth-order valence-electron chi connectivity index (χ4n) is 1.69. The molecular weight excluding hydrogens is 334 g/mol. The van der Waals surface area contributed by atoms with Gasteiger partial charge in [-0.1, -0.05) is 40.2 Å². The first-order valence-electron chi connectivity index (χ1n) is 6.39. The average molecular weight is 350 g/mol. The second-order valence-corrected chi connectivity index (χ2v) is 6.40. The maximum Gasteiger partial charge on any atom is 0.251 e. The first kappa shape index (κ1) is 15.1. The first-order chi connectivity index (χ1) is 9.66. The standard InChI is InChI=1S/C16H16BrNOS/c1-12-7-8-13(11-15(12)17)16(19)18-9-10-20-14-5-3-2-4-6-14/h2-8,11H,9-10H2,1H3,(H,18,19). The summed E-state index contributed by atoms with van der Waals surface area (Å²) in [5.74, 6) is 0.836. The second kappa shape index (κ2) is 7.50. The number of nitrogens with one attached hydrogen (secondary N) is 1. The Balaban J connectivity index is 1.79. The number of thioether (sulfide) groups is 1. The van der Waals surface area contributed by atoms with Crippen LogP contribution in [0.1, 0.15) is 15.9 Å². The van der Waals surface area contributed by atoms with E-state index in [9.17, 15) is 4.79 Å². The largest absolute Gasteiger partial charge is 0.351 e. The van der Waals surface area contributed by atoms with Crippen molar-refractivity contribution < 1.29 is 4.79 Å². The molecule has 0 heterocycles. The van der Waals surface area contributed by atoms with Crippen LogP contribution in [-0.4, -0.2) is 18.2 Å². The van der Waals surface area contributed by atoms with Crippen molar-refractivity contribution in [2.45, 2.75) is 11.8 Å². The summed E-state index contributed by atoms with van der Waals surface area (Å²) < 4.78 is 0.962. The molecule has 20 heavy (non-hydrogen) atoms. The first-order valence-corrected chi connectivity index (χ1v) is 8.17. The molecule has 0 saturated carbocycles. The molecule has 0 aromatic heterocycles. The van der Waals surface area contributed by atoms with Gasteiger partial charge in [0.2, 0.25) is 0 Å². The molecule has 0 aliphatic heterocycles. The Morgan fingerprint density at radius 1 is 1.20 bits per heavy atom. The van der Waals surface area contributed by atoms with Crippen molar-refractivity contribution in [1.29, 1.82) is 0 Å². The van der Waals surface area contributed by atoms with Crippen LogP contribution < -0.4 is 5.32 Å². The lowest BCUT2D eigenvalue weighted by Gasteiger charge is -2.06. The highest BCUT2D eigenvalue weighted by molar-refractivity contribution is 9.10. The van der Waals surface area contributed by atoms with Crippen LogP contribution in [0.4, 0.5) is 0 Å². The third-order valence-electron chi connectivity index (χ3n) is 2.83. The average Bonchev–Trinajstić information content (AvgIpc) is 2.47. The Morgan fingerprint density at radius 3 is 2.65 bits per heavy atom. The second-order valence-electron chi connectivity index (χ2n) is 4.38. The van der Waals surface area contributed by atoms with Gasteiger partial charge >= 0.3 is 0 Å². The third-order valence-corrected chi connectivity index (χ3v) is 4.70. The van der Waals surface area contributed by atoms with Gasteiger partial charge in [-0.25, -0.2) is 0 Å². The predicted molar refractivity (Wildman–Crippen MR) is 88.4 cm³/mol. The number of rotatable bonds is 5. The zero-order valence-electron chi connectivity index (χ0n) is 11.2. The molecule has 1 amide bonds. The Hall–Kier alpha value is -1.26. The molecule has 2 rings (SSSR count). The van der Waals surface area contributed by atoms with Gasteiger partial charge in [-0.2, -0.15) is 0 Å². The van der Waals surface area contributed by atoms with E-state index in [1.54, 1.807) is 11.8 Å². The molecule has 0 spiro atoms. The molecule has 2 aromatic carbocycles. The fourth-order valence-corrected chi connectivity index (χ4v) is 2.85. The molecule has 2 aromatic rings. The monoisotopic (exact) mass is 349 g/mol. The topological polar surface area (TPSA) is 29.1 Å². The van der Waals surface area contributed by atoms with Crippen molar-refractivity contribution in [1.82, 2.24) is 5.32 Å². The van der Waals surface area contributed by atoms with Crippen molar-refractivity contribution in [3.63, 3.8) is 0 Å². The number of halogens is 1. The van der Waals surface area contributed by atoms with Gasteiger partial charge in [0.1, 0.15) is 0 Å². The van der Waals surface area contributed by atoms with Crippen LogP contribution in [0.3, 0.4) is 0 Å². The van der Waals surface area contributed by atoms with Gasteiger partial charge < -0.3 is 5.32 Å². The number of carbonyl (C=O) groups excluding carboxylic acids is 1. The lowest BCUT2D eigenvalue weighted by Crippen LogP contribution is -2.25. The van der Waals surface area contributed by atoms with Crippen LogP contribution in [0.15, 0.2) is 57.9 Å². The Bertz CT molecular complexity index is 586. The van der Waals surface area contributed by atoms with E-state index in [0.717, 1.165) is 15.8 Å². The third kappa shape index (κ3) is 4.39. The zero-order chi connectivity index (χ0) is 14.4. The Labute approximate surface area is 132 Å². The summed E-state index contributed by atoms with van der Waals surface area (Å²) in [4.78, 5) is 13.2. The summed E-state index contributed by atoms with van der Waals surface area (Å²) in [5.41, 5.74) is 1.81. The zero-order valence-corrected chi connectivity index (χ0v) is 13.6. The highest BCUT2D eigenvalue weighted by atomic mass is 79.9. The minimum atomic E-state index is -0.0284. The Morgan fingerprint density at radius 2 is 1.95 bits per heavy atom. The van der Waals surface area contributed by atoms with Crippen molar-refractivity contribution in [3.05, 3.63) is 64.1 Å². The predicted octanol–water partition coefficient (Wildman–Crippen LogP) is 4.28. The maximum absolute atomic E-state index is 12.0. The van der Waals surface area contributed by atoms with E-state index >= 15 is 0 Å². The molecule has 0 bridgehead atoms. The number of carbonyl (C=O) groups is 1. The molecular formula is C16H16BrNOS. The van der Waals surface area contributed by atoms with Crippen molar-refractivity contribution >= 4 is 33.6 Å². The van der Waals surface area contributed by atoms with Gasteiger partial charge in [0.05, 0.1) is 0 Å². The summed E-state index contributed by atoms with van der Waals surface area (Å²) in [5, 5.41) is 2.94. The van der Waals surface area contributed by atoms with Gasteiger partial charge in [0.25, 0.3) is 5.91 Å². The SMILES string of the molecule is Cc1ccc(C(=O)NCCSc2ccccc2)cc1Br. The summed E-state index contributed by atoms with van der Waals surface area (Å²) >= 11 is 5.18. The number of aryl methyl sites for hydroxylation is 1. The number of hydrogen-bond acceptors (Lipinski definition) is 2. The molecule has 1 N–H and O–H groups in total. The van der Waals surface area contributed by atoms with Gasteiger partial charge in [0.15, 0.2) is 0 Å². The number of benzene rings is 2. The number of hydrogen-bond donors (Lipinski definition) is 1. The van der Waals surface area contributed by atoms with Crippen molar-refractivity contribution in [2.24, 2.45) is 0 Å². The summed E-state index contributed by atoms with van der Waals surface area (Å²) in [7, 11) is 0. The molecule has 0 aliphatic rings. The van der Waals surface area contributed by atoms with Gasteiger partial charge in [-0.05, 0) is 36.8 Å². The summed E-state index contributed by atoms with van der Waals surface area (Å²) in [6.45, 7) is 2.66. The van der Waals surface area contributed by atoms with Crippen LogP contribution in [0.2, 0.25) is 0 Å². The molecule has 0 atom stereocenters. The van der Waals surface area contributed by atoms with Gasteiger partial charge in [0, 0.05) is 27.2 Å². The van der Waals surface area contributed by atoms with E-state index in [-0.39, 0.29) is 5.91 Å². The van der Waals surface area contributed by atoms with Crippen molar-refractivity contribution in [2.75, 3.05) is 12.3 Å². The summed E-state index contributed by atoms with van der Waals surface area (Å²) in [6.07, 6.45) is 0. The highest BCUT2D eigenvalue weighted by Gasteiger charge is 2.06. The van der Waals surface area contributed by atoms with Crippen LogP contribution in [0, 0.1) is 6.92 Å². The molecule has 0 unspecified atom stereocenters. The van der Waals surface area contributed by atoms with E-state index in [1.807, 2.05) is 43.3 Å². The van der Waals surface area contributed by atoms with Gasteiger partial charge in [-0.3, -0.25) is 4.79 Å². The fraction of sp³-hybridized carbons (Fsp3) is 0.188. The number of amides is 1. The van der Waals surface area contributed by atoms with Crippen molar-refractivity contribution in [3.8, 4) is 0 Å². The minimum absolute atomic E-state index is 0.0284. The highest BCUT2D eigenvalue weighted by Crippen LogP contribution is 2.18. The molecule has 0 radical (unpaired) electrons. The van der Waals surface area contributed by atoms with E-state index in [0.29, 0.717) is 12.1 Å². The van der Waals surface area contributed by atoms with Gasteiger partial charge in [-0.15, -0.1) is 11.8 Å². The van der Waals surface area contributed by atoms with Crippen LogP contribution in [0.25, 0.3) is 0 Å². The lowest BCUT2D eigenvalue weighted by atomic mass is 10.1. The lowest BCUT2D eigenvalue weighted by molar-refractivity contribution is 0.0956. The van der Waals surface area contributed by atoms with Crippen LogP contribution in [-0.2, 0) is 0 Å². The maximum atomic E-state index is 12.0. The van der Waals surface area contributed by atoms with E-state index in [1.165, 1.54) is 4.90 Å². The molecule has 0 fully saturated rings. The molecule has 0 aliphatic carbocycles. The molecule has 104 valence electrons. The molecule has 4 heteroatoms.